The van der Waals surface area contributed by atoms with Crippen molar-refractivity contribution in [2.24, 2.45) is 0 Å². The summed E-state index contributed by atoms with van der Waals surface area (Å²) in [6.45, 7) is 4.78. The molecule has 0 aliphatic carbocycles. The van der Waals surface area contributed by atoms with Crippen LogP contribution in [-0.4, -0.2) is 30.0 Å². The van der Waals surface area contributed by atoms with Crippen LogP contribution in [0.1, 0.15) is 23.3 Å². The molecule has 1 aliphatic rings. The van der Waals surface area contributed by atoms with Gasteiger partial charge in [0.2, 0.25) is 0 Å². The molecule has 22 heavy (non-hydrogen) atoms. The van der Waals surface area contributed by atoms with Crippen molar-refractivity contribution in [1.29, 1.82) is 0 Å². The van der Waals surface area contributed by atoms with Crippen molar-refractivity contribution in [3.63, 3.8) is 0 Å². The Labute approximate surface area is 134 Å². The predicted molar refractivity (Wildman–Crippen MR) is 88.6 cm³/mol. The minimum atomic E-state index is -1.03. The Morgan fingerprint density at radius 3 is 2.82 bits per heavy atom. The number of pyridine rings is 1. The molecule has 118 valence electrons. The van der Waals surface area contributed by atoms with Gasteiger partial charge in [-0.1, -0.05) is 36.8 Å². The highest BCUT2D eigenvalue weighted by molar-refractivity contribution is 6.77. The number of hydrogen-bond acceptors (Lipinski definition) is 2. The molecule has 3 rings (SSSR count). The van der Waals surface area contributed by atoms with E-state index in [1.807, 2.05) is 0 Å². The van der Waals surface area contributed by atoms with E-state index >= 15 is 0 Å². The van der Waals surface area contributed by atoms with Gasteiger partial charge in [0.1, 0.15) is 5.69 Å². The lowest BCUT2D eigenvalue weighted by molar-refractivity contribution is 0.0929. The fourth-order valence-corrected chi connectivity index (χ4v) is 5.63. The maximum atomic E-state index is 13.9. The smallest absolute Gasteiger partial charge is 0.267 e. The second-order valence-electron chi connectivity index (χ2n) is 6.79. The van der Waals surface area contributed by atoms with Gasteiger partial charge in [-0.25, -0.2) is 9.37 Å². The van der Waals surface area contributed by atoms with Crippen LogP contribution in [-0.2, 0) is 0 Å². The Balaban J connectivity index is 1.74. The van der Waals surface area contributed by atoms with E-state index in [4.69, 9.17) is 11.6 Å². The van der Waals surface area contributed by atoms with E-state index in [0.29, 0.717) is 16.6 Å². The molecule has 0 radical (unpaired) electrons. The molecule has 2 aromatic heterocycles. The van der Waals surface area contributed by atoms with Crippen molar-refractivity contribution in [2.45, 2.75) is 44.1 Å². The summed E-state index contributed by atoms with van der Waals surface area (Å²) in [6.07, 6.45) is 3.51. The number of hydrogen-bond donors (Lipinski definition) is 2. The Kier molecular flexibility index (Phi) is 3.99. The van der Waals surface area contributed by atoms with E-state index in [2.05, 4.69) is 28.4 Å². The van der Waals surface area contributed by atoms with Gasteiger partial charge >= 0.3 is 0 Å². The van der Waals surface area contributed by atoms with Gasteiger partial charge < -0.3 is 10.3 Å². The third-order valence-corrected chi connectivity index (χ3v) is 8.04. The maximum absolute atomic E-state index is 13.9. The average molecular weight is 340 g/mol. The van der Waals surface area contributed by atoms with Gasteiger partial charge in [-0.3, -0.25) is 4.79 Å². The van der Waals surface area contributed by atoms with E-state index in [0.717, 1.165) is 12.8 Å². The standard InChI is InChI=1S/C15H19ClFN3OSi/c1-22(2)5-3-9(4-6-22)19-15(21)11-7-10-12(20-11)8-18-14(16)13(10)17/h7-9,20H,3-6H2,1-2H3,(H,19,21). The van der Waals surface area contributed by atoms with Crippen molar-refractivity contribution in [1.82, 2.24) is 15.3 Å². The predicted octanol–water partition coefficient (Wildman–Crippen LogP) is 3.96. The van der Waals surface area contributed by atoms with Crippen molar-refractivity contribution >= 4 is 36.5 Å². The van der Waals surface area contributed by atoms with E-state index in [1.165, 1.54) is 24.4 Å². The Hall–Kier alpha value is -1.40. The van der Waals surface area contributed by atoms with Crippen molar-refractivity contribution < 1.29 is 9.18 Å². The van der Waals surface area contributed by atoms with Gasteiger partial charge in [0.05, 0.1) is 11.7 Å². The summed E-state index contributed by atoms with van der Waals surface area (Å²) in [5.74, 6) is -0.794. The molecular weight excluding hydrogens is 321 g/mol. The van der Waals surface area contributed by atoms with Gasteiger partial charge in [-0.05, 0) is 18.9 Å². The Bertz CT molecular complexity index is 721. The number of amides is 1. The number of nitrogens with zero attached hydrogens (tertiary/aromatic N) is 1. The van der Waals surface area contributed by atoms with Crippen LogP contribution in [0.5, 0.6) is 0 Å². The minimum absolute atomic E-state index is 0.182. The first kappa shape index (κ1) is 15.5. The summed E-state index contributed by atoms with van der Waals surface area (Å²) in [6, 6.07) is 4.18. The Morgan fingerprint density at radius 1 is 1.45 bits per heavy atom. The van der Waals surface area contributed by atoms with Gasteiger partial charge in [-0.15, -0.1) is 0 Å². The van der Waals surface area contributed by atoms with Gasteiger partial charge in [-0.2, -0.15) is 0 Å². The summed E-state index contributed by atoms with van der Waals surface area (Å²) in [4.78, 5) is 19.0. The second-order valence-corrected chi connectivity index (χ2v) is 12.5. The molecule has 2 N–H and O–H groups in total. The molecule has 0 unspecified atom stereocenters. The topological polar surface area (TPSA) is 57.8 Å². The first-order chi connectivity index (χ1) is 10.4. The van der Waals surface area contributed by atoms with E-state index in [9.17, 15) is 9.18 Å². The summed E-state index contributed by atoms with van der Waals surface area (Å²) in [5.41, 5.74) is 0.823. The molecule has 1 saturated heterocycles. The number of halogens is 2. The molecule has 0 bridgehead atoms. The third kappa shape index (κ3) is 3.03. The molecule has 1 aliphatic heterocycles. The molecular formula is C15H19ClFN3OSi. The van der Waals surface area contributed by atoms with E-state index in [-0.39, 0.29) is 17.1 Å². The average Bonchev–Trinajstić information content (AvgIpc) is 2.90. The van der Waals surface area contributed by atoms with Crippen LogP contribution < -0.4 is 5.32 Å². The van der Waals surface area contributed by atoms with Crippen molar-refractivity contribution in [3.05, 3.63) is 28.9 Å². The SMILES string of the molecule is C[Si]1(C)CCC(NC(=O)c2cc3c(F)c(Cl)ncc3[nH]2)CC1. The van der Waals surface area contributed by atoms with Crippen LogP contribution in [0.25, 0.3) is 10.9 Å². The zero-order valence-corrected chi connectivity index (χ0v) is 14.4. The minimum Gasteiger partial charge on any atom is -0.349 e. The lowest BCUT2D eigenvalue weighted by atomic mass is 10.1. The highest BCUT2D eigenvalue weighted by Crippen LogP contribution is 2.29. The molecule has 7 heteroatoms. The molecule has 3 heterocycles. The molecule has 0 aromatic carbocycles. The summed E-state index contributed by atoms with van der Waals surface area (Å²) in [5, 5.41) is 3.16. The monoisotopic (exact) mass is 339 g/mol. The largest absolute Gasteiger partial charge is 0.349 e. The number of carbonyl (C=O) groups excluding carboxylic acids is 1. The number of fused-ring (bicyclic) bond motifs is 1. The first-order valence-corrected chi connectivity index (χ1v) is 11.3. The van der Waals surface area contributed by atoms with Crippen LogP contribution in [0.4, 0.5) is 4.39 Å². The van der Waals surface area contributed by atoms with E-state index < -0.39 is 13.9 Å². The molecule has 0 spiro atoms. The number of aromatic nitrogens is 2. The first-order valence-electron chi connectivity index (χ1n) is 7.49. The number of rotatable bonds is 2. The molecule has 0 saturated carbocycles. The molecule has 1 amide bonds. The fourth-order valence-electron chi connectivity index (χ4n) is 2.97. The summed E-state index contributed by atoms with van der Waals surface area (Å²) in [7, 11) is -1.03. The Morgan fingerprint density at radius 2 is 2.14 bits per heavy atom. The number of nitrogens with one attached hydrogen (secondary N) is 2. The molecule has 2 aromatic rings. The normalized spacial score (nSPS) is 18.5. The zero-order chi connectivity index (χ0) is 15.9. The zero-order valence-electron chi connectivity index (χ0n) is 12.7. The summed E-state index contributed by atoms with van der Waals surface area (Å²) >= 11 is 5.66. The lowest BCUT2D eigenvalue weighted by Gasteiger charge is -2.33. The third-order valence-electron chi connectivity index (χ3n) is 4.49. The maximum Gasteiger partial charge on any atom is 0.267 e. The van der Waals surface area contributed by atoms with Crippen LogP contribution in [0.15, 0.2) is 12.3 Å². The fraction of sp³-hybridized carbons (Fsp3) is 0.467. The number of carbonyl (C=O) groups is 1. The number of aromatic amines is 1. The highest BCUT2D eigenvalue weighted by Gasteiger charge is 2.29. The van der Waals surface area contributed by atoms with Crippen LogP contribution in [0.2, 0.25) is 30.3 Å². The van der Waals surface area contributed by atoms with E-state index in [1.54, 1.807) is 0 Å². The quantitative estimate of drug-likeness (QED) is 0.642. The van der Waals surface area contributed by atoms with Crippen LogP contribution in [0.3, 0.4) is 0 Å². The molecule has 0 atom stereocenters. The molecule has 4 nitrogen and oxygen atoms in total. The highest BCUT2D eigenvalue weighted by atomic mass is 35.5. The van der Waals surface area contributed by atoms with Gasteiger partial charge in [0.25, 0.3) is 5.91 Å². The van der Waals surface area contributed by atoms with Crippen LogP contribution >= 0.6 is 11.6 Å². The summed E-state index contributed by atoms with van der Waals surface area (Å²) < 4.78 is 13.9. The second kappa shape index (κ2) is 5.66. The number of H-pyrrole nitrogens is 1. The van der Waals surface area contributed by atoms with Gasteiger partial charge in [0.15, 0.2) is 11.0 Å². The molecule has 1 fully saturated rings. The lowest BCUT2D eigenvalue weighted by Crippen LogP contribution is -2.42. The van der Waals surface area contributed by atoms with Crippen molar-refractivity contribution in [2.75, 3.05) is 0 Å². The van der Waals surface area contributed by atoms with Crippen LogP contribution in [0, 0.1) is 5.82 Å². The van der Waals surface area contributed by atoms with Gasteiger partial charge in [0, 0.05) is 19.5 Å². The van der Waals surface area contributed by atoms with Crippen molar-refractivity contribution in [3.8, 4) is 0 Å².